The minimum atomic E-state index is -3.49. The molecule has 1 fully saturated rings. The van der Waals surface area contributed by atoms with Crippen LogP contribution in [0.5, 0.6) is 0 Å². The molecule has 1 aromatic heterocycles. The first kappa shape index (κ1) is 21.0. The highest BCUT2D eigenvalue weighted by Crippen LogP contribution is 2.24. The summed E-state index contributed by atoms with van der Waals surface area (Å²) in [5.74, 6) is 0.767. The lowest BCUT2D eigenvalue weighted by atomic mass is 10.0. The standard InChI is InChI=1S/C22H23BrN4O2S/c1-16-3-4-18(15-17(16)2)21-9-10-22(25-24-21)26-11-13-27(14-12-26)30(28,29)20-7-5-19(23)6-8-20/h3-10,15H,11-14H2,1-2H3. The molecule has 0 aliphatic carbocycles. The van der Waals surface area contributed by atoms with Gasteiger partial charge in [0.1, 0.15) is 0 Å². The molecule has 1 saturated heterocycles. The van der Waals surface area contributed by atoms with Gasteiger partial charge in [0, 0.05) is 36.2 Å². The van der Waals surface area contributed by atoms with Gasteiger partial charge in [0.05, 0.1) is 10.6 Å². The number of aryl methyl sites for hydroxylation is 2. The van der Waals surface area contributed by atoms with E-state index in [1.54, 1.807) is 24.3 Å². The van der Waals surface area contributed by atoms with Crippen molar-refractivity contribution in [1.29, 1.82) is 0 Å². The molecule has 2 aromatic carbocycles. The maximum atomic E-state index is 12.9. The van der Waals surface area contributed by atoms with Crippen LogP contribution in [0.3, 0.4) is 0 Å². The topological polar surface area (TPSA) is 66.4 Å². The van der Waals surface area contributed by atoms with Crippen LogP contribution in [0, 0.1) is 13.8 Å². The van der Waals surface area contributed by atoms with Gasteiger partial charge in [0.15, 0.2) is 5.82 Å². The molecule has 1 aliphatic heterocycles. The third-order valence-corrected chi connectivity index (χ3v) is 7.91. The number of anilines is 1. The first-order valence-electron chi connectivity index (χ1n) is 9.76. The fraction of sp³-hybridized carbons (Fsp3) is 0.273. The zero-order valence-electron chi connectivity index (χ0n) is 16.9. The second-order valence-electron chi connectivity index (χ2n) is 7.42. The Labute approximate surface area is 185 Å². The molecule has 0 bridgehead atoms. The maximum Gasteiger partial charge on any atom is 0.243 e. The van der Waals surface area contributed by atoms with Crippen LogP contribution < -0.4 is 4.90 Å². The summed E-state index contributed by atoms with van der Waals surface area (Å²) in [6.45, 7) is 6.16. The fourth-order valence-corrected chi connectivity index (χ4v) is 5.15. The van der Waals surface area contributed by atoms with Crippen molar-refractivity contribution in [1.82, 2.24) is 14.5 Å². The highest BCUT2D eigenvalue weighted by Gasteiger charge is 2.29. The van der Waals surface area contributed by atoms with Gasteiger partial charge in [-0.15, -0.1) is 10.2 Å². The van der Waals surface area contributed by atoms with Gasteiger partial charge in [-0.1, -0.05) is 28.1 Å². The summed E-state index contributed by atoms with van der Waals surface area (Å²) in [6.07, 6.45) is 0. The van der Waals surface area contributed by atoms with Crippen molar-refractivity contribution in [3.63, 3.8) is 0 Å². The number of nitrogens with zero attached hydrogens (tertiary/aromatic N) is 4. The summed E-state index contributed by atoms with van der Waals surface area (Å²) in [4.78, 5) is 2.39. The van der Waals surface area contributed by atoms with Crippen molar-refractivity contribution in [3.05, 3.63) is 70.2 Å². The third-order valence-electron chi connectivity index (χ3n) is 5.47. The predicted octanol–water partition coefficient (Wildman–Crippen LogP) is 4.03. The zero-order chi connectivity index (χ0) is 21.3. The Hall–Kier alpha value is -2.29. The Morgan fingerprint density at radius 3 is 2.13 bits per heavy atom. The van der Waals surface area contributed by atoms with Gasteiger partial charge >= 0.3 is 0 Å². The Balaban J connectivity index is 1.44. The Bertz CT molecular complexity index is 1140. The van der Waals surface area contributed by atoms with E-state index in [-0.39, 0.29) is 0 Å². The Morgan fingerprint density at radius 2 is 1.53 bits per heavy atom. The van der Waals surface area contributed by atoms with Crippen LogP contribution in [0.2, 0.25) is 0 Å². The number of benzene rings is 2. The van der Waals surface area contributed by atoms with E-state index in [0.717, 1.165) is 21.5 Å². The lowest BCUT2D eigenvalue weighted by molar-refractivity contribution is 0.383. The lowest BCUT2D eigenvalue weighted by Crippen LogP contribution is -2.48. The van der Waals surface area contributed by atoms with E-state index in [4.69, 9.17) is 0 Å². The van der Waals surface area contributed by atoms with Crippen LogP contribution in [-0.4, -0.2) is 49.1 Å². The number of hydrogen-bond acceptors (Lipinski definition) is 5. The molecule has 0 saturated carbocycles. The SMILES string of the molecule is Cc1ccc(-c2ccc(N3CCN(S(=O)(=O)c4ccc(Br)cc4)CC3)nn2)cc1C. The molecule has 6 nitrogen and oxygen atoms in total. The summed E-state index contributed by atoms with van der Waals surface area (Å²) in [7, 11) is -3.49. The first-order chi connectivity index (χ1) is 14.3. The van der Waals surface area contributed by atoms with Crippen molar-refractivity contribution in [2.75, 3.05) is 31.1 Å². The summed E-state index contributed by atoms with van der Waals surface area (Å²) in [5, 5.41) is 8.78. The number of halogens is 1. The molecule has 156 valence electrons. The van der Waals surface area contributed by atoms with Crippen molar-refractivity contribution < 1.29 is 8.42 Å². The number of hydrogen-bond donors (Lipinski definition) is 0. The van der Waals surface area contributed by atoms with E-state index < -0.39 is 10.0 Å². The second kappa shape index (κ2) is 8.45. The quantitative estimate of drug-likeness (QED) is 0.556. The molecule has 3 aromatic rings. The molecule has 0 spiro atoms. The number of piperazine rings is 1. The van der Waals surface area contributed by atoms with Gasteiger partial charge < -0.3 is 4.90 Å². The minimum Gasteiger partial charge on any atom is -0.352 e. The summed E-state index contributed by atoms with van der Waals surface area (Å²) < 4.78 is 28.1. The fourth-order valence-electron chi connectivity index (χ4n) is 3.46. The van der Waals surface area contributed by atoms with Crippen LogP contribution in [0.4, 0.5) is 5.82 Å². The molecule has 0 radical (unpaired) electrons. The van der Waals surface area contributed by atoms with Gasteiger partial charge in [0.2, 0.25) is 10.0 Å². The van der Waals surface area contributed by atoms with E-state index in [1.807, 2.05) is 12.1 Å². The molecule has 4 rings (SSSR count). The molecule has 1 aliphatic rings. The van der Waals surface area contributed by atoms with Gasteiger partial charge in [-0.25, -0.2) is 8.42 Å². The molecule has 2 heterocycles. The van der Waals surface area contributed by atoms with Gasteiger partial charge in [0.25, 0.3) is 0 Å². The number of rotatable bonds is 4. The second-order valence-corrected chi connectivity index (χ2v) is 10.3. The van der Waals surface area contributed by atoms with Crippen molar-refractivity contribution in [3.8, 4) is 11.3 Å². The normalized spacial score (nSPS) is 15.4. The van der Waals surface area contributed by atoms with E-state index in [1.165, 1.54) is 15.4 Å². The molecular formula is C22H23BrN4O2S. The van der Waals surface area contributed by atoms with Crippen molar-refractivity contribution in [2.24, 2.45) is 0 Å². The summed E-state index contributed by atoms with van der Waals surface area (Å²) >= 11 is 3.34. The number of aromatic nitrogens is 2. The molecule has 0 unspecified atom stereocenters. The Morgan fingerprint density at radius 1 is 0.833 bits per heavy atom. The minimum absolute atomic E-state index is 0.316. The summed E-state index contributed by atoms with van der Waals surface area (Å²) in [5.41, 5.74) is 4.35. The van der Waals surface area contributed by atoms with E-state index in [9.17, 15) is 8.42 Å². The van der Waals surface area contributed by atoms with Crippen molar-refractivity contribution in [2.45, 2.75) is 18.7 Å². The van der Waals surface area contributed by atoms with Gasteiger partial charge in [-0.3, -0.25) is 0 Å². The smallest absolute Gasteiger partial charge is 0.243 e. The van der Waals surface area contributed by atoms with Crippen LogP contribution >= 0.6 is 15.9 Å². The monoisotopic (exact) mass is 486 g/mol. The first-order valence-corrected chi connectivity index (χ1v) is 12.0. The van der Waals surface area contributed by atoms with Gasteiger partial charge in [-0.2, -0.15) is 4.31 Å². The van der Waals surface area contributed by atoms with Crippen LogP contribution in [0.1, 0.15) is 11.1 Å². The molecule has 0 N–H and O–H groups in total. The average molecular weight is 487 g/mol. The van der Waals surface area contributed by atoms with Gasteiger partial charge in [-0.05, 0) is 67.4 Å². The summed E-state index contributed by atoms with van der Waals surface area (Å²) in [6, 6.07) is 16.9. The Kier molecular flexibility index (Phi) is 5.90. The predicted molar refractivity (Wildman–Crippen MR) is 122 cm³/mol. The largest absolute Gasteiger partial charge is 0.352 e. The molecule has 30 heavy (non-hydrogen) atoms. The molecule has 0 amide bonds. The molecule has 0 atom stereocenters. The highest BCUT2D eigenvalue weighted by molar-refractivity contribution is 9.10. The third kappa shape index (κ3) is 4.26. The average Bonchev–Trinajstić information content (AvgIpc) is 2.76. The lowest BCUT2D eigenvalue weighted by Gasteiger charge is -2.34. The van der Waals surface area contributed by atoms with E-state index in [0.29, 0.717) is 31.1 Å². The highest BCUT2D eigenvalue weighted by atomic mass is 79.9. The zero-order valence-corrected chi connectivity index (χ0v) is 19.3. The van der Waals surface area contributed by atoms with Crippen LogP contribution in [0.25, 0.3) is 11.3 Å². The van der Waals surface area contributed by atoms with Crippen molar-refractivity contribution >= 4 is 31.8 Å². The van der Waals surface area contributed by atoms with E-state index in [2.05, 4.69) is 63.1 Å². The molecule has 8 heteroatoms. The van der Waals surface area contributed by atoms with E-state index >= 15 is 0 Å². The number of sulfonamides is 1. The molecular weight excluding hydrogens is 464 g/mol. The van der Waals surface area contributed by atoms with Crippen LogP contribution in [-0.2, 0) is 10.0 Å². The maximum absolute atomic E-state index is 12.9. The van der Waals surface area contributed by atoms with Crippen LogP contribution in [0.15, 0.2) is 64.0 Å².